The summed E-state index contributed by atoms with van der Waals surface area (Å²) >= 11 is 2.90. The van der Waals surface area contributed by atoms with E-state index in [1.54, 1.807) is 0 Å². The molecule has 0 N–H and O–H groups in total. The molecule has 3 nitrogen and oxygen atoms in total. The largest absolute Gasteiger partial charge is 0.319 e. The van der Waals surface area contributed by atoms with E-state index in [0.717, 1.165) is 0 Å². The number of halogens is 2. The van der Waals surface area contributed by atoms with E-state index >= 15 is 0 Å². The van der Waals surface area contributed by atoms with Gasteiger partial charge in [-0.3, -0.25) is 10.1 Å². The topological polar surface area (TPSA) is 43.1 Å². The summed E-state index contributed by atoms with van der Waals surface area (Å²) in [6.45, 7) is 3.34. The summed E-state index contributed by atoms with van der Waals surface area (Å²) < 4.78 is 13.4. The van der Waals surface area contributed by atoms with Gasteiger partial charge in [0.15, 0.2) is 0 Å². The van der Waals surface area contributed by atoms with Crippen molar-refractivity contribution in [2.45, 2.75) is 0 Å². The van der Waals surface area contributed by atoms with Crippen molar-refractivity contribution in [1.29, 1.82) is 0 Å². The van der Waals surface area contributed by atoms with Crippen LogP contribution in [0.15, 0.2) is 23.2 Å². The lowest BCUT2D eigenvalue weighted by molar-refractivity contribution is -0.388. The summed E-state index contributed by atoms with van der Waals surface area (Å²) in [5.74, 6) is -0.866. The summed E-state index contributed by atoms with van der Waals surface area (Å²) in [5.41, 5.74) is -0.438. The molecule has 1 rings (SSSR count). The van der Waals surface area contributed by atoms with Gasteiger partial charge in [0.05, 0.1) is 9.40 Å². The summed E-state index contributed by atoms with van der Waals surface area (Å²) in [7, 11) is 0. The minimum absolute atomic E-state index is 0.120. The third kappa shape index (κ3) is 1.75. The number of nitrogens with zero attached hydrogens (tertiary/aromatic N) is 1. The highest BCUT2D eigenvalue weighted by Crippen LogP contribution is 2.30. The molecular formula is C8H5BrFNO2. The molecule has 0 unspecified atom stereocenters. The van der Waals surface area contributed by atoms with Crippen LogP contribution in [0.5, 0.6) is 0 Å². The lowest BCUT2D eigenvalue weighted by atomic mass is 10.2. The molecule has 0 radical (unpaired) electrons. The van der Waals surface area contributed by atoms with Crippen LogP contribution in [0.3, 0.4) is 0 Å². The van der Waals surface area contributed by atoms with Crippen LogP contribution >= 0.6 is 15.9 Å². The van der Waals surface area contributed by atoms with Gasteiger partial charge in [-0.05, 0) is 22.0 Å². The van der Waals surface area contributed by atoms with Crippen LogP contribution in [0.2, 0.25) is 0 Å². The molecule has 0 bridgehead atoms. The van der Waals surface area contributed by atoms with Crippen molar-refractivity contribution in [2.75, 3.05) is 0 Å². The summed E-state index contributed by atoms with van der Waals surface area (Å²) in [5, 5.41) is 10.4. The smallest absolute Gasteiger partial charge is 0.258 e. The molecule has 0 aliphatic rings. The number of hydrogen-bond acceptors (Lipinski definition) is 2. The fourth-order valence-corrected chi connectivity index (χ4v) is 1.33. The maximum atomic E-state index is 13.2. The zero-order valence-corrected chi connectivity index (χ0v) is 8.04. The zero-order chi connectivity index (χ0) is 10.0. The fraction of sp³-hybridized carbons (Fsp3) is 0. The van der Waals surface area contributed by atoms with Crippen molar-refractivity contribution in [1.82, 2.24) is 0 Å². The van der Waals surface area contributed by atoms with Gasteiger partial charge in [-0.2, -0.15) is 4.39 Å². The first-order valence-electron chi connectivity index (χ1n) is 3.32. The van der Waals surface area contributed by atoms with Crippen LogP contribution in [-0.4, -0.2) is 4.92 Å². The average Bonchev–Trinajstić information content (AvgIpc) is 2.04. The first kappa shape index (κ1) is 9.85. The van der Waals surface area contributed by atoms with Crippen molar-refractivity contribution < 1.29 is 9.31 Å². The Hall–Kier alpha value is -1.23. The Kier molecular flexibility index (Phi) is 2.77. The monoisotopic (exact) mass is 245 g/mol. The van der Waals surface area contributed by atoms with Gasteiger partial charge in [0.25, 0.3) is 0 Å². The highest BCUT2D eigenvalue weighted by Gasteiger charge is 2.20. The highest BCUT2D eigenvalue weighted by atomic mass is 79.9. The predicted molar refractivity (Wildman–Crippen MR) is 50.8 cm³/mol. The van der Waals surface area contributed by atoms with Crippen LogP contribution in [0, 0.1) is 15.9 Å². The lowest BCUT2D eigenvalue weighted by Crippen LogP contribution is -1.95. The molecule has 0 saturated heterocycles. The SMILES string of the molecule is C=Cc1ccc(Br)c([N+](=O)[O-])c1F. The van der Waals surface area contributed by atoms with Crippen LogP contribution in [0.1, 0.15) is 5.56 Å². The lowest BCUT2D eigenvalue weighted by Gasteiger charge is -1.99. The molecule has 0 amide bonds. The van der Waals surface area contributed by atoms with Crippen LogP contribution in [0.4, 0.5) is 10.1 Å². The van der Waals surface area contributed by atoms with E-state index in [-0.39, 0.29) is 10.0 Å². The Balaban J connectivity index is 3.47. The standard InChI is InChI=1S/C8H5BrFNO2/c1-2-5-3-4-6(9)8(7(5)10)11(12)13/h2-4H,1H2. The number of hydrogen-bond donors (Lipinski definition) is 0. The number of benzene rings is 1. The Morgan fingerprint density at radius 2 is 2.23 bits per heavy atom. The molecule has 0 spiro atoms. The van der Waals surface area contributed by atoms with E-state index in [0.29, 0.717) is 0 Å². The molecule has 1 aromatic rings. The Morgan fingerprint density at radius 3 is 2.69 bits per heavy atom. The van der Waals surface area contributed by atoms with Crippen molar-refractivity contribution in [3.63, 3.8) is 0 Å². The van der Waals surface area contributed by atoms with E-state index < -0.39 is 16.4 Å². The van der Waals surface area contributed by atoms with E-state index in [2.05, 4.69) is 22.5 Å². The molecule has 0 fully saturated rings. The average molecular weight is 246 g/mol. The second kappa shape index (κ2) is 3.66. The third-order valence-corrected chi connectivity index (χ3v) is 2.14. The maximum absolute atomic E-state index is 13.2. The molecule has 0 aromatic heterocycles. The number of nitro groups is 1. The molecule has 68 valence electrons. The number of nitro benzene ring substituents is 1. The van der Waals surface area contributed by atoms with E-state index in [1.807, 2.05) is 0 Å². The van der Waals surface area contributed by atoms with E-state index in [4.69, 9.17) is 0 Å². The molecule has 0 aliphatic carbocycles. The molecule has 0 aliphatic heterocycles. The zero-order valence-electron chi connectivity index (χ0n) is 6.46. The molecule has 0 heterocycles. The van der Waals surface area contributed by atoms with E-state index in [9.17, 15) is 14.5 Å². The van der Waals surface area contributed by atoms with Gasteiger partial charge in [-0.1, -0.05) is 18.7 Å². The number of rotatable bonds is 2. The molecular weight excluding hydrogens is 241 g/mol. The molecule has 13 heavy (non-hydrogen) atoms. The Labute approximate surface area is 82.2 Å². The van der Waals surface area contributed by atoms with Gasteiger partial charge in [-0.15, -0.1) is 0 Å². The third-order valence-electron chi connectivity index (χ3n) is 1.50. The van der Waals surface area contributed by atoms with E-state index in [1.165, 1.54) is 18.2 Å². The maximum Gasteiger partial charge on any atom is 0.319 e. The molecule has 0 saturated carbocycles. The van der Waals surface area contributed by atoms with Crippen LogP contribution in [-0.2, 0) is 0 Å². The van der Waals surface area contributed by atoms with Gasteiger partial charge in [0.1, 0.15) is 0 Å². The van der Waals surface area contributed by atoms with Crippen LogP contribution in [0.25, 0.3) is 6.08 Å². The van der Waals surface area contributed by atoms with Gasteiger partial charge in [0.2, 0.25) is 5.82 Å². The Morgan fingerprint density at radius 1 is 1.62 bits per heavy atom. The summed E-state index contributed by atoms with van der Waals surface area (Å²) in [6, 6.07) is 2.83. The normalized spacial score (nSPS) is 9.69. The Bertz CT molecular complexity index is 379. The van der Waals surface area contributed by atoms with Crippen molar-refractivity contribution >= 4 is 27.7 Å². The predicted octanol–water partition coefficient (Wildman–Crippen LogP) is 3.14. The van der Waals surface area contributed by atoms with Gasteiger partial charge in [0, 0.05) is 5.56 Å². The van der Waals surface area contributed by atoms with Crippen molar-refractivity contribution in [3.8, 4) is 0 Å². The first-order chi connectivity index (χ1) is 6.07. The van der Waals surface area contributed by atoms with Gasteiger partial charge >= 0.3 is 5.69 Å². The van der Waals surface area contributed by atoms with Crippen LogP contribution < -0.4 is 0 Å². The molecule has 1 aromatic carbocycles. The highest BCUT2D eigenvalue weighted by molar-refractivity contribution is 9.10. The summed E-state index contributed by atoms with van der Waals surface area (Å²) in [6.07, 6.45) is 1.23. The second-order valence-electron chi connectivity index (χ2n) is 2.26. The van der Waals surface area contributed by atoms with Gasteiger partial charge in [-0.25, -0.2) is 0 Å². The van der Waals surface area contributed by atoms with Gasteiger partial charge < -0.3 is 0 Å². The fourth-order valence-electron chi connectivity index (χ4n) is 0.882. The molecule has 5 heteroatoms. The minimum atomic E-state index is -0.866. The second-order valence-corrected chi connectivity index (χ2v) is 3.11. The first-order valence-corrected chi connectivity index (χ1v) is 4.12. The van der Waals surface area contributed by atoms with Crippen molar-refractivity contribution in [2.24, 2.45) is 0 Å². The summed E-state index contributed by atoms with van der Waals surface area (Å²) in [4.78, 5) is 9.64. The molecule has 0 atom stereocenters. The minimum Gasteiger partial charge on any atom is -0.258 e. The van der Waals surface area contributed by atoms with Crippen molar-refractivity contribution in [3.05, 3.63) is 44.7 Å². The quantitative estimate of drug-likeness (QED) is 0.594.